The minimum absolute atomic E-state index is 0.0131. The number of ether oxygens (including phenoxy) is 1. The van der Waals surface area contributed by atoms with Crippen LogP contribution in [0.5, 0.6) is 5.75 Å². The molecule has 0 saturated carbocycles. The Kier molecular flexibility index (Phi) is 5.33. The highest BCUT2D eigenvalue weighted by Crippen LogP contribution is 2.40. The normalized spacial score (nSPS) is 15.1. The van der Waals surface area contributed by atoms with Crippen LogP contribution in [-0.4, -0.2) is 56.9 Å². The van der Waals surface area contributed by atoms with Crippen molar-refractivity contribution in [2.24, 2.45) is 0 Å². The molecular weight excluding hydrogens is 428 g/mol. The van der Waals surface area contributed by atoms with E-state index in [1.165, 1.54) is 5.69 Å². The minimum Gasteiger partial charge on any atom is -0.493 e. The average molecular weight is 455 g/mol. The summed E-state index contributed by atoms with van der Waals surface area (Å²) in [7, 11) is 0. The van der Waals surface area contributed by atoms with Crippen molar-refractivity contribution in [2.75, 3.05) is 26.2 Å². The van der Waals surface area contributed by atoms with Crippen molar-refractivity contribution in [2.45, 2.75) is 25.8 Å². The number of nitrogens with one attached hydrogen (secondary N) is 1. The van der Waals surface area contributed by atoms with Gasteiger partial charge in [0.25, 0.3) is 0 Å². The standard InChI is InChI=1S/C26H26N6O2/c33-26-29-12-15-31(26)13-4-16-34-18-7-8-19-20(9-11-28-22(19)17-18)24-23-6-3-14-32(23)30-25(24)21-5-1-2-10-27-21/h1-2,5,7-11,17H,3-4,6,12-16H2,(H,29,33). The van der Waals surface area contributed by atoms with Crippen molar-refractivity contribution >= 4 is 16.9 Å². The Bertz CT molecular complexity index is 1350. The second kappa shape index (κ2) is 8.78. The summed E-state index contributed by atoms with van der Waals surface area (Å²) in [5, 5.41) is 8.82. The number of nitrogens with zero attached hydrogens (tertiary/aromatic N) is 5. The zero-order chi connectivity index (χ0) is 22.9. The van der Waals surface area contributed by atoms with Crippen molar-refractivity contribution < 1.29 is 9.53 Å². The van der Waals surface area contributed by atoms with E-state index in [0.29, 0.717) is 13.2 Å². The summed E-state index contributed by atoms with van der Waals surface area (Å²) in [5.41, 5.74) is 6.24. The summed E-state index contributed by atoms with van der Waals surface area (Å²) in [6, 6.07) is 14.1. The Morgan fingerprint density at radius 2 is 2.03 bits per heavy atom. The minimum atomic E-state index is 0.0131. The molecule has 1 saturated heterocycles. The zero-order valence-electron chi connectivity index (χ0n) is 18.9. The zero-order valence-corrected chi connectivity index (χ0v) is 18.9. The van der Waals surface area contributed by atoms with Crippen LogP contribution >= 0.6 is 0 Å². The lowest BCUT2D eigenvalue weighted by Crippen LogP contribution is -2.29. The highest BCUT2D eigenvalue weighted by molar-refractivity contribution is 5.99. The first-order chi connectivity index (χ1) is 16.8. The Balaban J connectivity index is 1.28. The molecular formula is C26H26N6O2. The summed E-state index contributed by atoms with van der Waals surface area (Å²) in [6.07, 6.45) is 6.57. The predicted molar refractivity (Wildman–Crippen MR) is 130 cm³/mol. The second-order valence-electron chi connectivity index (χ2n) is 8.67. The van der Waals surface area contributed by atoms with Gasteiger partial charge in [0.1, 0.15) is 11.4 Å². The maximum Gasteiger partial charge on any atom is 0.317 e. The molecule has 8 heteroatoms. The van der Waals surface area contributed by atoms with Gasteiger partial charge in [-0.05, 0) is 55.2 Å². The van der Waals surface area contributed by atoms with E-state index >= 15 is 0 Å². The van der Waals surface area contributed by atoms with E-state index in [0.717, 1.165) is 78.1 Å². The van der Waals surface area contributed by atoms with E-state index in [1.54, 1.807) is 0 Å². The lowest BCUT2D eigenvalue weighted by Gasteiger charge is -2.14. The molecule has 8 nitrogen and oxygen atoms in total. The molecule has 6 rings (SSSR count). The third-order valence-corrected chi connectivity index (χ3v) is 6.52. The predicted octanol–water partition coefficient (Wildman–Crippen LogP) is 3.90. The first kappa shape index (κ1) is 20.7. The molecule has 5 heterocycles. The fraction of sp³-hybridized carbons (Fsp3) is 0.308. The molecule has 0 atom stereocenters. The van der Waals surface area contributed by atoms with Crippen LogP contribution in [0.1, 0.15) is 18.5 Å². The van der Waals surface area contributed by atoms with Gasteiger partial charge in [0.15, 0.2) is 0 Å². The van der Waals surface area contributed by atoms with Crippen molar-refractivity contribution in [3.8, 4) is 28.3 Å². The lowest BCUT2D eigenvalue weighted by molar-refractivity contribution is 0.211. The molecule has 0 bridgehead atoms. The number of hydrogen-bond acceptors (Lipinski definition) is 5. The molecule has 2 aliphatic heterocycles. The Morgan fingerprint density at radius 3 is 2.88 bits per heavy atom. The van der Waals surface area contributed by atoms with Gasteiger partial charge in [-0.2, -0.15) is 5.10 Å². The van der Waals surface area contributed by atoms with Crippen LogP contribution in [0.25, 0.3) is 33.4 Å². The molecule has 1 N–H and O–H groups in total. The van der Waals surface area contributed by atoms with Crippen LogP contribution in [0.15, 0.2) is 54.9 Å². The number of urea groups is 1. The fourth-order valence-corrected chi connectivity index (χ4v) is 4.90. The van der Waals surface area contributed by atoms with Gasteiger partial charge >= 0.3 is 6.03 Å². The smallest absolute Gasteiger partial charge is 0.317 e. The molecule has 2 amide bonds. The highest BCUT2D eigenvalue weighted by atomic mass is 16.5. The molecule has 4 aromatic rings. The number of hydrogen-bond donors (Lipinski definition) is 1. The van der Waals surface area contributed by atoms with Crippen LogP contribution in [-0.2, 0) is 13.0 Å². The largest absolute Gasteiger partial charge is 0.493 e. The molecule has 34 heavy (non-hydrogen) atoms. The molecule has 1 aromatic carbocycles. The first-order valence-corrected chi connectivity index (χ1v) is 11.8. The summed E-state index contributed by atoms with van der Waals surface area (Å²) >= 11 is 0. The third kappa shape index (κ3) is 3.75. The Morgan fingerprint density at radius 1 is 1.06 bits per heavy atom. The summed E-state index contributed by atoms with van der Waals surface area (Å²) < 4.78 is 8.11. The maximum absolute atomic E-state index is 11.7. The van der Waals surface area contributed by atoms with Crippen LogP contribution in [0.3, 0.4) is 0 Å². The van der Waals surface area contributed by atoms with Crippen LogP contribution in [0, 0.1) is 0 Å². The summed E-state index contributed by atoms with van der Waals surface area (Å²) in [4.78, 5) is 22.7. The Hall–Kier alpha value is -3.94. The first-order valence-electron chi connectivity index (χ1n) is 11.8. The summed E-state index contributed by atoms with van der Waals surface area (Å²) in [6.45, 7) is 3.68. The van der Waals surface area contributed by atoms with E-state index in [1.807, 2.05) is 47.6 Å². The van der Waals surface area contributed by atoms with Gasteiger partial charge in [0.05, 0.1) is 17.8 Å². The molecule has 0 unspecified atom stereocenters. The van der Waals surface area contributed by atoms with Gasteiger partial charge in [0.2, 0.25) is 0 Å². The van der Waals surface area contributed by atoms with Crippen molar-refractivity contribution in [3.63, 3.8) is 0 Å². The monoisotopic (exact) mass is 454 g/mol. The molecule has 1 fully saturated rings. The summed E-state index contributed by atoms with van der Waals surface area (Å²) in [5.74, 6) is 0.785. The van der Waals surface area contributed by atoms with Gasteiger partial charge in [-0.25, -0.2) is 4.79 Å². The highest BCUT2D eigenvalue weighted by Gasteiger charge is 2.25. The number of rotatable bonds is 7. The molecule has 0 spiro atoms. The van der Waals surface area contributed by atoms with E-state index in [4.69, 9.17) is 9.84 Å². The molecule has 0 radical (unpaired) electrons. The molecule has 172 valence electrons. The quantitative estimate of drug-likeness (QED) is 0.428. The fourth-order valence-electron chi connectivity index (χ4n) is 4.90. The van der Waals surface area contributed by atoms with E-state index in [-0.39, 0.29) is 6.03 Å². The SMILES string of the molecule is O=C1NCCN1CCCOc1ccc2c(-c3c(-c4ccccn4)nn4c3CCC4)ccnc2c1. The maximum atomic E-state index is 11.7. The second-order valence-corrected chi connectivity index (χ2v) is 8.67. The number of carbonyl (C=O) groups excluding carboxylic acids is 1. The molecule has 2 aliphatic rings. The van der Waals surface area contributed by atoms with Gasteiger partial charge in [-0.3, -0.25) is 14.6 Å². The van der Waals surface area contributed by atoms with Gasteiger partial charge in [0, 0.05) is 61.3 Å². The number of fused-ring (bicyclic) bond motifs is 2. The van der Waals surface area contributed by atoms with E-state index < -0.39 is 0 Å². The number of carbonyl (C=O) groups is 1. The number of amides is 2. The lowest BCUT2D eigenvalue weighted by atomic mass is 9.96. The Labute approximate surface area is 197 Å². The van der Waals surface area contributed by atoms with Gasteiger partial charge in [-0.15, -0.1) is 0 Å². The molecule has 0 aliphatic carbocycles. The number of aromatic nitrogens is 4. The van der Waals surface area contributed by atoms with Crippen LogP contribution < -0.4 is 10.1 Å². The van der Waals surface area contributed by atoms with E-state index in [2.05, 4.69) is 32.1 Å². The van der Waals surface area contributed by atoms with Crippen LogP contribution in [0.2, 0.25) is 0 Å². The molecule has 3 aromatic heterocycles. The van der Waals surface area contributed by atoms with Crippen molar-refractivity contribution in [1.29, 1.82) is 0 Å². The van der Waals surface area contributed by atoms with Crippen molar-refractivity contribution in [1.82, 2.24) is 30.0 Å². The van der Waals surface area contributed by atoms with E-state index in [9.17, 15) is 4.79 Å². The number of pyridine rings is 2. The van der Waals surface area contributed by atoms with Gasteiger partial charge < -0.3 is 15.0 Å². The third-order valence-electron chi connectivity index (χ3n) is 6.52. The van der Waals surface area contributed by atoms with Gasteiger partial charge in [-0.1, -0.05) is 6.07 Å². The number of aryl methyl sites for hydroxylation is 1. The number of benzene rings is 1. The van der Waals surface area contributed by atoms with Crippen LogP contribution in [0.4, 0.5) is 4.79 Å². The topological polar surface area (TPSA) is 85.2 Å². The van der Waals surface area contributed by atoms with Crippen molar-refractivity contribution in [3.05, 3.63) is 60.6 Å². The average Bonchev–Trinajstić information content (AvgIpc) is 3.58.